The quantitative estimate of drug-likeness (QED) is 0.414. The number of aromatic nitrogens is 1. The monoisotopic (exact) mass is 473 g/mol. The molecular weight excluding hydrogens is 450 g/mol. The molecule has 0 bridgehead atoms. The molecule has 5 rings (SSSR count). The maximum absolute atomic E-state index is 12.8. The highest BCUT2D eigenvalue weighted by molar-refractivity contribution is 6.06. The first kappa shape index (κ1) is 22.3. The number of para-hydroxylation sites is 1. The summed E-state index contributed by atoms with van der Waals surface area (Å²) in [6, 6.07) is 13.9. The van der Waals surface area contributed by atoms with Crippen LogP contribution < -0.4 is 20.1 Å². The molecule has 0 spiro atoms. The Kier molecular flexibility index (Phi) is 5.74. The van der Waals surface area contributed by atoms with Crippen molar-refractivity contribution in [2.75, 3.05) is 12.1 Å². The summed E-state index contributed by atoms with van der Waals surface area (Å²) in [5.41, 5.74) is 2.67. The number of aryl methyl sites for hydroxylation is 3. The van der Waals surface area contributed by atoms with Crippen molar-refractivity contribution in [3.8, 4) is 23.0 Å². The molecule has 2 amide bonds. The number of amides is 2. The van der Waals surface area contributed by atoms with Gasteiger partial charge in [0.1, 0.15) is 23.0 Å². The molecule has 0 saturated heterocycles. The van der Waals surface area contributed by atoms with E-state index in [4.69, 9.17) is 18.3 Å². The Bertz CT molecular complexity index is 1430. The number of nitrogens with zero attached hydrogens (tertiary/aromatic N) is 1. The largest absolute Gasteiger partial charge is 0.466 e. The summed E-state index contributed by atoms with van der Waals surface area (Å²) >= 11 is 0. The molecule has 178 valence electrons. The second-order valence-electron chi connectivity index (χ2n) is 8.10. The summed E-state index contributed by atoms with van der Waals surface area (Å²) in [5, 5.41) is 5.76. The van der Waals surface area contributed by atoms with E-state index >= 15 is 0 Å². The minimum atomic E-state index is -0.286. The standard InChI is InChI=1S/C26H23N3O6/c1-14-10-19(15(2)34-14)25(31)28-20-7-5-4-6-18(20)26-29-21(16(3)35-26)12-27-24(30)17-8-9-22-23(11-17)33-13-32-22/h4-11H,12-13H2,1-3H3,(H,27,30)(H,28,31). The maximum Gasteiger partial charge on any atom is 0.259 e. The molecule has 9 heteroatoms. The minimum Gasteiger partial charge on any atom is -0.466 e. The third-order valence-corrected chi connectivity index (χ3v) is 5.64. The molecule has 0 radical (unpaired) electrons. The highest BCUT2D eigenvalue weighted by atomic mass is 16.7. The fourth-order valence-electron chi connectivity index (χ4n) is 3.84. The lowest BCUT2D eigenvalue weighted by atomic mass is 10.1. The predicted octanol–water partition coefficient (Wildman–Crippen LogP) is 4.77. The number of furan rings is 1. The van der Waals surface area contributed by atoms with E-state index < -0.39 is 0 Å². The maximum atomic E-state index is 12.8. The number of carbonyl (C=O) groups is 2. The Morgan fingerprint density at radius 3 is 2.51 bits per heavy atom. The average molecular weight is 473 g/mol. The van der Waals surface area contributed by atoms with Gasteiger partial charge in [0.05, 0.1) is 23.4 Å². The van der Waals surface area contributed by atoms with Gasteiger partial charge in [0.15, 0.2) is 11.5 Å². The van der Waals surface area contributed by atoms with Gasteiger partial charge in [0.2, 0.25) is 12.7 Å². The average Bonchev–Trinajstić information content (AvgIpc) is 3.55. The van der Waals surface area contributed by atoms with Crippen molar-refractivity contribution in [3.05, 3.63) is 82.6 Å². The van der Waals surface area contributed by atoms with Crippen LogP contribution in [0.25, 0.3) is 11.5 Å². The van der Waals surface area contributed by atoms with Gasteiger partial charge in [-0.2, -0.15) is 0 Å². The summed E-state index contributed by atoms with van der Waals surface area (Å²) in [6.07, 6.45) is 0. The van der Waals surface area contributed by atoms with Crippen LogP contribution in [-0.4, -0.2) is 23.6 Å². The predicted molar refractivity (Wildman–Crippen MR) is 127 cm³/mol. The second-order valence-corrected chi connectivity index (χ2v) is 8.10. The van der Waals surface area contributed by atoms with Crippen molar-refractivity contribution in [3.63, 3.8) is 0 Å². The molecule has 0 fully saturated rings. The minimum absolute atomic E-state index is 0.143. The zero-order valence-electron chi connectivity index (χ0n) is 19.4. The number of benzene rings is 2. The normalized spacial score (nSPS) is 12.0. The first-order chi connectivity index (χ1) is 16.9. The number of oxazole rings is 1. The van der Waals surface area contributed by atoms with Crippen LogP contribution in [0.15, 0.2) is 57.4 Å². The lowest BCUT2D eigenvalue weighted by Gasteiger charge is -2.08. The highest BCUT2D eigenvalue weighted by Crippen LogP contribution is 2.33. The van der Waals surface area contributed by atoms with Crippen molar-refractivity contribution >= 4 is 17.5 Å². The molecule has 1 aliphatic rings. The van der Waals surface area contributed by atoms with Gasteiger partial charge in [0.25, 0.3) is 11.8 Å². The van der Waals surface area contributed by atoms with Gasteiger partial charge in [-0.15, -0.1) is 0 Å². The van der Waals surface area contributed by atoms with E-state index in [9.17, 15) is 9.59 Å². The van der Waals surface area contributed by atoms with E-state index in [-0.39, 0.29) is 25.2 Å². The van der Waals surface area contributed by atoms with E-state index in [0.29, 0.717) is 62.7 Å². The molecule has 0 unspecified atom stereocenters. The Hall–Kier alpha value is -4.53. The van der Waals surface area contributed by atoms with Crippen LogP contribution in [0.3, 0.4) is 0 Å². The number of hydrogen-bond acceptors (Lipinski definition) is 7. The molecule has 9 nitrogen and oxygen atoms in total. The van der Waals surface area contributed by atoms with Gasteiger partial charge in [-0.1, -0.05) is 12.1 Å². The molecule has 2 aromatic heterocycles. The van der Waals surface area contributed by atoms with Crippen LogP contribution in [0, 0.1) is 20.8 Å². The van der Waals surface area contributed by atoms with E-state index in [1.165, 1.54) is 0 Å². The third-order valence-electron chi connectivity index (χ3n) is 5.64. The summed E-state index contributed by atoms with van der Waals surface area (Å²) in [4.78, 5) is 30.0. The Balaban J connectivity index is 1.32. The smallest absolute Gasteiger partial charge is 0.259 e. The zero-order chi connectivity index (χ0) is 24.5. The van der Waals surface area contributed by atoms with Crippen molar-refractivity contribution in [1.29, 1.82) is 0 Å². The van der Waals surface area contributed by atoms with Gasteiger partial charge in [-0.3, -0.25) is 9.59 Å². The Labute approximate surface area is 201 Å². The number of hydrogen-bond donors (Lipinski definition) is 2. The summed E-state index contributed by atoms with van der Waals surface area (Å²) in [7, 11) is 0. The molecule has 2 N–H and O–H groups in total. The van der Waals surface area contributed by atoms with Crippen LogP contribution in [0.4, 0.5) is 5.69 Å². The van der Waals surface area contributed by atoms with E-state index in [2.05, 4.69) is 15.6 Å². The van der Waals surface area contributed by atoms with Gasteiger partial charge in [-0.25, -0.2) is 4.98 Å². The molecule has 0 atom stereocenters. The van der Waals surface area contributed by atoms with Gasteiger partial charge in [-0.05, 0) is 57.2 Å². The molecule has 35 heavy (non-hydrogen) atoms. The molecule has 3 heterocycles. The molecule has 1 aliphatic heterocycles. The Morgan fingerprint density at radius 1 is 0.914 bits per heavy atom. The summed E-state index contributed by atoms with van der Waals surface area (Å²) in [6.45, 7) is 5.63. The second kappa shape index (κ2) is 9.02. The SMILES string of the molecule is Cc1cc(C(=O)Nc2ccccc2-c2nc(CNC(=O)c3ccc4c(c3)OCO4)c(C)o2)c(C)o1. The third kappa shape index (κ3) is 4.48. The summed E-state index contributed by atoms with van der Waals surface area (Å²) in [5.74, 6) is 2.71. The summed E-state index contributed by atoms with van der Waals surface area (Å²) < 4.78 is 22.0. The molecule has 2 aromatic carbocycles. The van der Waals surface area contributed by atoms with Crippen LogP contribution in [-0.2, 0) is 6.54 Å². The molecule has 0 saturated carbocycles. The fraction of sp³-hybridized carbons (Fsp3) is 0.192. The highest BCUT2D eigenvalue weighted by Gasteiger charge is 2.20. The fourth-order valence-corrected chi connectivity index (χ4v) is 3.84. The van der Waals surface area contributed by atoms with Crippen molar-refractivity contribution in [2.24, 2.45) is 0 Å². The van der Waals surface area contributed by atoms with Gasteiger partial charge < -0.3 is 28.9 Å². The first-order valence-electron chi connectivity index (χ1n) is 11.0. The number of nitrogens with one attached hydrogen (secondary N) is 2. The van der Waals surface area contributed by atoms with Crippen LogP contribution in [0.1, 0.15) is 43.7 Å². The van der Waals surface area contributed by atoms with E-state index in [0.717, 1.165) is 0 Å². The number of rotatable bonds is 6. The number of anilines is 1. The molecule has 0 aliphatic carbocycles. The number of ether oxygens (including phenoxy) is 2. The van der Waals surface area contributed by atoms with Crippen LogP contribution in [0.5, 0.6) is 11.5 Å². The van der Waals surface area contributed by atoms with E-state index in [1.807, 2.05) is 18.2 Å². The Morgan fingerprint density at radius 2 is 1.71 bits per heavy atom. The van der Waals surface area contributed by atoms with E-state index in [1.54, 1.807) is 51.1 Å². The topological polar surface area (TPSA) is 116 Å². The zero-order valence-corrected chi connectivity index (χ0v) is 19.4. The van der Waals surface area contributed by atoms with Crippen molar-refractivity contribution in [1.82, 2.24) is 10.3 Å². The number of carbonyl (C=O) groups excluding carboxylic acids is 2. The van der Waals surface area contributed by atoms with Crippen molar-refractivity contribution < 1.29 is 27.9 Å². The van der Waals surface area contributed by atoms with Crippen LogP contribution in [0.2, 0.25) is 0 Å². The first-order valence-corrected chi connectivity index (χ1v) is 11.0. The van der Waals surface area contributed by atoms with Gasteiger partial charge in [0, 0.05) is 5.56 Å². The number of fused-ring (bicyclic) bond motifs is 1. The lowest BCUT2D eigenvalue weighted by molar-refractivity contribution is 0.0949. The van der Waals surface area contributed by atoms with Crippen LogP contribution >= 0.6 is 0 Å². The molecule has 4 aromatic rings. The molecular formula is C26H23N3O6. The van der Waals surface area contributed by atoms with Gasteiger partial charge >= 0.3 is 0 Å². The lowest BCUT2D eigenvalue weighted by Crippen LogP contribution is -2.23. The van der Waals surface area contributed by atoms with Crippen molar-refractivity contribution in [2.45, 2.75) is 27.3 Å².